The van der Waals surface area contributed by atoms with E-state index in [1.807, 2.05) is 6.92 Å². The molecular formula is C13H23N3O3S. The van der Waals surface area contributed by atoms with Crippen LogP contribution in [0.1, 0.15) is 44.3 Å². The number of unbranched alkanes of at least 4 members (excludes halogenated alkanes) is 1. The first-order valence-electron chi connectivity index (χ1n) is 7.23. The molecule has 2 N–H and O–H groups in total. The molecule has 0 spiro atoms. The standard InChI is InChI=1S/C13H23N3O3S/c1-2-12-9-15-13(19-12)10-16-20(17,18)8-4-3-7-14-11-5-6-11/h9,11,14,16H,2-8,10H2,1H3. The van der Waals surface area contributed by atoms with Crippen molar-refractivity contribution in [3.05, 3.63) is 17.8 Å². The van der Waals surface area contributed by atoms with Gasteiger partial charge in [-0.25, -0.2) is 18.1 Å². The van der Waals surface area contributed by atoms with E-state index in [1.165, 1.54) is 12.8 Å². The van der Waals surface area contributed by atoms with Crippen LogP contribution in [0.15, 0.2) is 10.6 Å². The van der Waals surface area contributed by atoms with Gasteiger partial charge in [0.1, 0.15) is 5.76 Å². The predicted octanol–water partition coefficient (Wildman–Crippen LogP) is 1.19. The first-order valence-corrected chi connectivity index (χ1v) is 8.88. The van der Waals surface area contributed by atoms with Crippen LogP contribution >= 0.6 is 0 Å². The molecule has 0 aromatic carbocycles. The van der Waals surface area contributed by atoms with Gasteiger partial charge in [0, 0.05) is 12.5 Å². The van der Waals surface area contributed by atoms with Gasteiger partial charge in [-0.3, -0.25) is 0 Å². The zero-order chi connectivity index (χ0) is 14.4. The maximum Gasteiger partial charge on any atom is 0.212 e. The molecule has 1 aliphatic rings. The van der Waals surface area contributed by atoms with Crippen molar-refractivity contribution < 1.29 is 12.8 Å². The average molecular weight is 301 g/mol. The largest absolute Gasteiger partial charge is 0.444 e. The van der Waals surface area contributed by atoms with E-state index in [4.69, 9.17) is 4.42 Å². The summed E-state index contributed by atoms with van der Waals surface area (Å²) in [5.74, 6) is 1.34. The highest BCUT2D eigenvalue weighted by Gasteiger charge is 2.19. The second kappa shape index (κ2) is 7.19. The van der Waals surface area contributed by atoms with Crippen molar-refractivity contribution in [1.29, 1.82) is 0 Å². The van der Waals surface area contributed by atoms with Gasteiger partial charge >= 0.3 is 0 Å². The van der Waals surface area contributed by atoms with E-state index >= 15 is 0 Å². The van der Waals surface area contributed by atoms with Gasteiger partial charge in [-0.1, -0.05) is 6.92 Å². The van der Waals surface area contributed by atoms with E-state index in [0.29, 0.717) is 18.4 Å². The van der Waals surface area contributed by atoms with Crippen LogP contribution in [0.5, 0.6) is 0 Å². The van der Waals surface area contributed by atoms with Crippen molar-refractivity contribution in [3.8, 4) is 0 Å². The molecule has 114 valence electrons. The minimum absolute atomic E-state index is 0.128. The molecule has 1 fully saturated rings. The Kier molecular flexibility index (Phi) is 5.56. The summed E-state index contributed by atoms with van der Waals surface area (Å²) >= 11 is 0. The number of nitrogens with zero attached hydrogens (tertiary/aromatic N) is 1. The third-order valence-electron chi connectivity index (χ3n) is 3.24. The van der Waals surface area contributed by atoms with Crippen molar-refractivity contribution >= 4 is 10.0 Å². The lowest BCUT2D eigenvalue weighted by Crippen LogP contribution is -2.26. The van der Waals surface area contributed by atoms with Crippen molar-refractivity contribution in [3.63, 3.8) is 0 Å². The zero-order valence-corrected chi connectivity index (χ0v) is 12.7. The number of nitrogens with one attached hydrogen (secondary N) is 2. The van der Waals surface area contributed by atoms with Crippen LogP contribution < -0.4 is 10.0 Å². The monoisotopic (exact) mass is 301 g/mol. The van der Waals surface area contributed by atoms with Gasteiger partial charge in [-0.05, 0) is 32.2 Å². The van der Waals surface area contributed by atoms with Crippen molar-refractivity contribution in [1.82, 2.24) is 15.0 Å². The lowest BCUT2D eigenvalue weighted by molar-refractivity contribution is 0.452. The molecule has 1 saturated carbocycles. The van der Waals surface area contributed by atoms with Crippen LogP contribution in [-0.4, -0.2) is 31.7 Å². The van der Waals surface area contributed by atoms with E-state index in [0.717, 1.165) is 25.1 Å². The van der Waals surface area contributed by atoms with Gasteiger partial charge in [0.25, 0.3) is 0 Å². The quantitative estimate of drug-likeness (QED) is 0.634. The van der Waals surface area contributed by atoms with Crippen LogP contribution in [-0.2, 0) is 23.0 Å². The summed E-state index contributed by atoms with van der Waals surface area (Å²) in [6.45, 7) is 2.99. The Balaban J connectivity index is 1.62. The molecule has 6 nitrogen and oxygen atoms in total. The highest BCUT2D eigenvalue weighted by molar-refractivity contribution is 7.89. The fourth-order valence-electron chi connectivity index (χ4n) is 1.85. The Labute approximate surface area is 120 Å². The molecule has 0 aliphatic heterocycles. The number of oxazole rings is 1. The molecule has 0 amide bonds. The van der Waals surface area contributed by atoms with Gasteiger partial charge in [0.15, 0.2) is 0 Å². The summed E-state index contributed by atoms with van der Waals surface area (Å²) in [4.78, 5) is 4.02. The first kappa shape index (κ1) is 15.5. The summed E-state index contributed by atoms with van der Waals surface area (Å²) in [6.07, 6.45) is 6.46. The van der Waals surface area contributed by atoms with Crippen LogP contribution in [0.2, 0.25) is 0 Å². The molecule has 1 heterocycles. The molecule has 0 bridgehead atoms. The number of sulfonamides is 1. The third kappa shape index (κ3) is 5.60. The summed E-state index contributed by atoms with van der Waals surface area (Å²) in [5.41, 5.74) is 0. The van der Waals surface area contributed by atoms with E-state index < -0.39 is 10.0 Å². The average Bonchev–Trinajstić information content (AvgIpc) is 3.12. The SMILES string of the molecule is CCc1cnc(CNS(=O)(=O)CCCCNC2CC2)o1. The Morgan fingerprint density at radius 2 is 2.20 bits per heavy atom. The second-order valence-electron chi connectivity index (χ2n) is 5.15. The molecule has 0 radical (unpaired) electrons. The van der Waals surface area contributed by atoms with E-state index in [-0.39, 0.29) is 12.3 Å². The molecule has 0 atom stereocenters. The molecule has 1 aromatic rings. The van der Waals surface area contributed by atoms with Crippen molar-refractivity contribution in [2.45, 2.75) is 51.6 Å². The number of aryl methyl sites for hydroxylation is 1. The minimum Gasteiger partial charge on any atom is -0.444 e. The number of aromatic nitrogens is 1. The maximum atomic E-state index is 11.8. The fraction of sp³-hybridized carbons (Fsp3) is 0.769. The van der Waals surface area contributed by atoms with Crippen LogP contribution in [0.3, 0.4) is 0 Å². The summed E-state index contributed by atoms with van der Waals surface area (Å²) in [6, 6.07) is 0.683. The van der Waals surface area contributed by atoms with E-state index in [1.54, 1.807) is 6.20 Å². The molecule has 2 rings (SSSR count). The molecule has 0 saturated heterocycles. The van der Waals surface area contributed by atoms with Crippen molar-refractivity contribution in [2.75, 3.05) is 12.3 Å². The highest BCUT2D eigenvalue weighted by Crippen LogP contribution is 2.18. The lowest BCUT2D eigenvalue weighted by atomic mass is 10.3. The van der Waals surface area contributed by atoms with E-state index in [2.05, 4.69) is 15.0 Å². The van der Waals surface area contributed by atoms with Gasteiger partial charge in [0.2, 0.25) is 15.9 Å². The predicted molar refractivity (Wildman–Crippen MR) is 76.8 cm³/mol. The maximum absolute atomic E-state index is 11.8. The minimum atomic E-state index is -3.24. The molecule has 1 aromatic heterocycles. The van der Waals surface area contributed by atoms with Gasteiger partial charge in [0.05, 0.1) is 18.5 Å². The van der Waals surface area contributed by atoms with Crippen LogP contribution in [0.4, 0.5) is 0 Å². The van der Waals surface area contributed by atoms with E-state index in [9.17, 15) is 8.42 Å². The van der Waals surface area contributed by atoms with Gasteiger partial charge in [-0.15, -0.1) is 0 Å². The smallest absolute Gasteiger partial charge is 0.212 e. The number of rotatable bonds is 10. The molecule has 1 aliphatic carbocycles. The van der Waals surface area contributed by atoms with Crippen LogP contribution in [0, 0.1) is 0 Å². The normalized spacial score (nSPS) is 15.7. The Morgan fingerprint density at radius 3 is 2.85 bits per heavy atom. The molecule has 0 unspecified atom stereocenters. The summed E-state index contributed by atoms with van der Waals surface area (Å²) in [5, 5.41) is 3.37. The molecular weight excluding hydrogens is 278 g/mol. The number of hydrogen-bond acceptors (Lipinski definition) is 5. The topological polar surface area (TPSA) is 84.2 Å². The summed E-state index contributed by atoms with van der Waals surface area (Å²) < 4.78 is 31.5. The fourth-order valence-corrected chi connectivity index (χ4v) is 2.92. The van der Waals surface area contributed by atoms with Gasteiger partial charge < -0.3 is 9.73 Å². The first-order chi connectivity index (χ1) is 9.59. The summed E-state index contributed by atoms with van der Waals surface area (Å²) in [7, 11) is -3.24. The second-order valence-corrected chi connectivity index (χ2v) is 7.08. The van der Waals surface area contributed by atoms with Crippen molar-refractivity contribution in [2.24, 2.45) is 0 Å². The lowest BCUT2D eigenvalue weighted by Gasteiger charge is -2.05. The molecule has 20 heavy (non-hydrogen) atoms. The Hall–Kier alpha value is -0.920. The van der Waals surface area contributed by atoms with Gasteiger partial charge in [-0.2, -0.15) is 0 Å². The highest BCUT2D eigenvalue weighted by atomic mass is 32.2. The number of hydrogen-bond donors (Lipinski definition) is 2. The Bertz CT molecular complexity index is 509. The molecule has 7 heteroatoms. The Morgan fingerprint density at radius 1 is 1.40 bits per heavy atom. The zero-order valence-electron chi connectivity index (χ0n) is 11.9. The third-order valence-corrected chi connectivity index (χ3v) is 4.65. The van der Waals surface area contributed by atoms with Crippen LogP contribution in [0.25, 0.3) is 0 Å².